The number of nitrogens with one attached hydrogen (secondary N) is 1. The Balaban J connectivity index is 1.66. The highest BCUT2D eigenvalue weighted by Crippen LogP contribution is 2.32. The first kappa shape index (κ1) is 18.7. The van der Waals surface area contributed by atoms with Crippen LogP contribution in [0.1, 0.15) is 50.4 Å². The van der Waals surface area contributed by atoms with Crippen LogP contribution in [0, 0.1) is 17.6 Å². The van der Waals surface area contributed by atoms with Crippen LogP contribution in [0.4, 0.5) is 14.6 Å². The van der Waals surface area contributed by atoms with Gasteiger partial charge in [0.15, 0.2) is 17.5 Å². The van der Waals surface area contributed by atoms with Gasteiger partial charge in [0.2, 0.25) is 5.89 Å². The van der Waals surface area contributed by atoms with Crippen LogP contribution >= 0.6 is 0 Å². The molecular formula is C19H21F2N5O2. The zero-order valence-corrected chi connectivity index (χ0v) is 15.7. The lowest BCUT2D eigenvalue weighted by molar-refractivity contribution is 0.0570. The van der Waals surface area contributed by atoms with Crippen molar-refractivity contribution in [3.05, 3.63) is 41.7 Å². The van der Waals surface area contributed by atoms with Crippen molar-refractivity contribution in [2.24, 2.45) is 5.92 Å². The summed E-state index contributed by atoms with van der Waals surface area (Å²) in [7, 11) is 0. The molecule has 0 saturated carbocycles. The Labute approximate surface area is 160 Å². The van der Waals surface area contributed by atoms with E-state index in [0.717, 1.165) is 25.0 Å². The highest BCUT2D eigenvalue weighted by Gasteiger charge is 2.31. The summed E-state index contributed by atoms with van der Waals surface area (Å²) in [6.45, 7) is 5.30. The van der Waals surface area contributed by atoms with Gasteiger partial charge in [-0.2, -0.15) is 4.98 Å². The molecule has 1 aromatic carbocycles. The van der Waals surface area contributed by atoms with Crippen LogP contribution in [0.5, 0.6) is 0 Å². The van der Waals surface area contributed by atoms with E-state index in [1.807, 2.05) is 13.8 Å². The molecule has 1 unspecified atom stereocenters. The lowest BCUT2D eigenvalue weighted by Gasteiger charge is -2.28. The molecule has 0 spiro atoms. The van der Waals surface area contributed by atoms with Crippen molar-refractivity contribution in [3.8, 4) is 0 Å². The highest BCUT2D eigenvalue weighted by atomic mass is 19.2. The predicted octanol–water partition coefficient (Wildman–Crippen LogP) is 3.99. The maximum atomic E-state index is 13.6. The van der Waals surface area contributed by atoms with Crippen LogP contribution in [-0.4, -0.2) is 33.3 Å². The Bertz CT molecular complexity index is 972. The molecule has 28 heavy (non-hydrogen) atoms. The molecule has 3 heterocycles. The van der Waals surface area contributed by atoms with Gasteiger partial charge in [-0.1, -0.05) is 19.0 Å². The minimum Gasteiger partial charge on any atom is -0.381 e. The molecule has 1 aliphatic rings. The number of ether oxygens (including phenoxy) is 1. The van der Waals surface area contributed by atoms with E-state index in [-0.39, 0.29) is 28.9 Å². The molecule has 1 atom stereocenters. The number of nitrogens with zero attached hydrogens (tertiary/aromatic N) is 4. The van der Waals surface area contributed by atoms with E-state index < -0.39 is 11.6 Å². The number of fused-ring (bicyclic) bond motifs is 1. The fourth-order valence-electron chi connectivity index (χ4n) is 3.28. The Kier molecular flexibility index (Phi) is 5.17. The van der Waals surface area contributed by atoms with Gasteiger partial charge >= 0.3 is 0 Å². The average molecular weight is 389 g/mol. The largest absolute Gasteiger partial charge is 0.381 e. The smallest absolute Gasteiger partial charge is 0.249 e. The van der Waals surface area contributed by atoms with Gasteiger partial charge in [-0.25, -0.2) is 13.8 Å². The van der Waals surface area contributed by atoms with Crippen LogP contribution in [0.3, 0.4) is 0 Å². The van der Waals surface area contributed by atoms with Gasteiger partial charge in [0, 0.05) is 31.3 Å². The van der Waals surface area contributed by atoms with Crippen molar-refractivity contribution in [2.45, 2.75) is 38.6 Å². The van der Waals surface area contributed by atoms with Crippen molar-refractivity contribution in [3.63, 3.8) is 0 Å². The van der Waals surface area contributed by atoms with Crippen molar-refractivity contribution in [1.29, 1.82) is 0 Å². The summed E-state index contributed by atoms with van der Waals surface area (Å²) in [5.74, 6) is -0.0195. The Morgan fingerprint density at radius 2 is 1.79 bits per heavy atom. The number of rotatable bonds is 5. The average Bonchev–Trinajstić information content (AvgIpc) is 3.18. The molecule has 0 bridgehead atoms. The first-order valence-electron chi connectivity index (χ1n) is 9.31. The Hall–Kier alpha value is -2.68. The van der Waals surface area contributed by atoms with Gasteiger partial charge in [0.1, 0.15) is 11.9 Å². The number of anilines is 1. The molecule has 1 fully saturated rings. The Morgan fingerprint density at radius 1 is 1.07 bits per heavy atom. The van der Waals surface area contributed by atoms with E-state index in [0.29, 0.717) is 30.7 Å². The van der Waals surface area contributed by atoms with Gasteiger partial charge < -0.3 is 14.6 Å². The summed E-state index contributed by atoms with van der Waals surface area (Å²) in [6.07, 6.45) is 3.15. The molecule has 148 valence electrons. The molecule has 4 rings (SSSR count). The summed E-state index contributed by atoms with van der Waals surface area (Å²) in [5.41, 5.74) is 0.551. The third kappa shape index (κ3) is 3.80. The van der Waals surface area contributed by atoms with E-state index in [1.165, 1.54) is 6.20 Å². The van der Waals surface area contributed by atoms with E-state index in [9.17, 15) is 8.78 Å². The van der Waals surface area contributed by atoms with Gasteiger partial charge in [-0.15, -0.1) is 0 Å². The molecule has 1 N–H and O–H groups in total. The quantitative estimate of drug-likeness (QED) is 0.706. The van der Waals surface area contributed by atoms with E-state index in [2.05, 4.69) is 25.4 Å². The van der Waals surface area contributed by atoms with Gasteiger partial charge in [-0.3, -0.25) is 4.98 Å². The molecule has 7 nitrogen and oxygen atoms in total. The second-order valence-corrected chi connectivity index (χ2v) is 7.23. The number of aromatic nitrogens is 4. The molecule has 0 radical (unpaired) electrons. The predicted molar refractivity (Wildman–Crippen MR) is 97.7 cm³/mol. The van der Waals surface area contributed by atoms with Crippen molar-refractivity contribution in [1.82, 2.24) is 20.1 Å². The van der Waals surface area contributed by atoms with Crippen LogP contribution in [-0.2, 0) is 4.74 Å². The molecule has 9 heteroatoms. The summed E-state index contributed by atoms with van der Waals surface area (Å²) in [5, 5.41) is 7.36. The molecule has 2 aromatic heterocycles. The first-order chi connectivity index (χ1) is 13.5. The summed E-state index contributed by atoms with van der Waals surface area (Å²) >= 11 is 0. The molecule has 0 amide bonds. The maximum absolute atomic E-state index is 13.6. The second-order valence-electron chi connectivity index (χ2n) is 7.23. The molecule has 1 aliphatic heterocycles. The molecular weight excluding hydrogens is 368 g/mol. The summed E-state index contributed by atoms with van der Waals surface area (Å²) in [6, 6.07) is 1.79. The van der Waals surface area contributed by atoms with Crippen molar-refractivity contribution in [2.75, 3.05) is 18.5 Å². The molecule has 0 aliphatic carbocycles. The third-order valence-corrected chi connectivity index (χ3v) is 4.86. The maximum Gasteiger partial charge on any atom is 0.249 e. The normalized spacial score (nSPS) is 16.6. The summed E-state index contributed by atoms with van der Waals surface area (Å²) < 4.78 is 37.9. The fourth-order valence-corrected chi connectivity index (χ4v) is 3.28. The Morgan fingerprint density at radius 3 is 2.46 bits per heavy atom. The third-order valence-electron chi connectivity index (χ3n) is 4.86. The number of benzene rings is 1. The summed E-state index contributed by atoms with van der Waals surface area (Å²) in [4.78, 5) is 13.1. The van der Waals surface area contributed by atoms with Gasteiger partial charge in [0.25, 0.3) is 0 Å². The highest BCUT2D eigenvalue weighted by molar-refractivity contribution is 5.75. The van der Waals surface area contributed by atoms with Gasteiger partial charge in [-0.05, 0) is 18.8 Å². The van der Waals surface area contributed by atoms with E-state index in [1.54, 1.807) is 0 Å². The molecule has 3 aromatic rings. The van der Waals surface area contributed by atoms with E-state index >= 15 is 0 Å². The first-order valence-corrected chi connectivity index (χ1v) is 9.31. The fraction of sp³-hybridized carbons (Fsp3) is 0.474. The van der Waals surface area contributed by atoms with Crippen molar-refractivity contribution >= 4 is 16.9 Å². The van der Waals surface area contributed by atoms with Crippen LogP contribution in [0.2, 0.25) is 0 Å². The minimum absolute atomic E-state index is 0.145. The second kappa shape index (κ2) is 7.75. The number of hydrogen-bond acceptors (Lipinski definition) is 7. The van der Waals surface area contributed by atoms with Crippen LogP contribution in [0.15, 0.2) is 22.9 Å². The lowest BCUT2D eigenvalue weighted by atomic mass is 9.91. The topological polar surface area (TPSA) is 86.0 Å². The zero-order valence-electron chi connectivity index (χ0n) is 15.7. The number of halogens is 2. The monoisotopic (exact) mass is 389 g/mol. The molecule has 1 saturated heterocycles. The van der Waals surface area contributed by atoms with E-state index in [4.69, 9.17) is 9.26 Å². The van der Waals surface area contributed by atoms with Crippen LogP contribution in [0.25, 0.3) is 11.0 Å². The minimum atomic E-state index is -0.960. The lowest BCUT2D eigenvalue weighted by Crippen LogP contribution is -2.27. The van der Waals surface area contributed by atoms with Crippen molar-refractivity contribution < 1.29 is 18.0 Å². The standard InChI is InChI=1S/C19H21F2N5O2/c1-10(2)18-25-19(28-26-18)17(11-3-5-27-6-4-11)24-16-9-22-14-7-12(20)13(21)8-15(14)23-16/h7-11,17H,3-6H2,1-2H3,(H,23,24). The van der Waals surface area contributed by atoms with Gasteiger partial charge in [0.05, 0.1) is 17.2 Å². The van der Waals surface area contributed by atoms with Crippen LogP contribution < -0.4 is 5.32 Å². The zero-order chi connectivity index (χ0) is 19.7. The SMILES string of the molecule is CC(C)c1noc(C(Nc2cnc3cc(F)c(F)cc3n2)C2CCOCC2)n1. The number of hydrogen-bond donors (Lipinski definition) is 1.